The lowest BCUT2D eigenvalue weighted by Gasteiger charge is -2.06. The van der Waals surface area contributed by atoms with Gasteiger partial charge in [0.15, 0.2) is 0 Å². The van der Waals surface area contributed by atoms with Crippen LogP contribution in [0.15, 0.2) is 29.3 Å². The van der Waals surface area contributed by atoms with Crippen LogP contribution in [0.3, 0.4) is 0 Å². The van der Waals surface area contributed by atoms with Crippen molar-refractivity contribution < 1.29 is 0 Å². The Morgan fingerprint density at radius 2 is 1.88 bits per heavy atom. The molecule has 0 bridgehead atoms. The minimum absolute atomic E-state index is 0.516. The second kappa shape index (κ2) is 11.2. The van der Waals surface area contributed by atoms with Crippen LogP contribution in [-0.4, -0.2) is 0 Å². The Morgan fingerprint density at radius 1 is 1.35 bits per heavy atom. The number of rotatable bonds is 2. The van der Waals surface area contributed by atoms with E-state index in [2.05, 4.69) is 28.6 Å². The van der Waals surface area contributed by atoms with Crippen molar-refractivity contribution in [2.24, 2.45) is 0 Å². The van der Waals surface area contributed by atoms with Gasteiger partial charge in [-0.15, -0.1) is 6.58 Å². The number of nitrogens with two attached hydrogens (primary N) is 1. The molecule has 0 aliphatic rings. The first-order valence-corrected chi connectivity index (χ1v) is 6.57. The molecule has 1 rings (SSSR count). The van der Waals surface area contributed by atoms with Crippen LogP contribution in [0.25, 0.3) is 0 Å². The monoisotopic (exact) mass is 296 g/mol. The second-order valence-corrected chi connectivity index (χ2v) is 3.45. The topological polar surface area (TPSA) is 49.8 Å². The zero-order chi connectivity index (χ0) is 13.8. The van der Waals surface area contributed by atoms with Crippen LogP contribution in [0.1, 0.15) is 38.8 Å². The molecule has 0 unspecified atom stereocenters. The van der Waals surface area contributed by atoms with E-state index in [1.54, 1.807) is 12.1 Å². The molecule has 0 aromatic heterocycles. The predicted octanol–water partition coefficient (Wildman–Crippen LogP) is 4.68. The Labute approximate surface area is 113 Å². The summed E-state index contributed by atoms with van der Waals surface area (Å²) in [5, 5.41) is 8.87. The van der Waals surface area contributed by atoms with Gasteiger partial charge >= 0.3 is 0 Å². The summed E-state index contributed by atoms with van der Waals surface area (Å²) < 4.78 is 0.901. The molecular formula is C14H21BrN2. The molecule has 1 aromatic rings. The number of hydrogen-bond acceptors (Lipinski definition) is 2. The Kier molecular flexibility index (Phi) is 12.0. The molecule has 2 nitrogen and oxygen atoms in total. The molecule has 1 aromatic carbocycles. The standard InChI is InChI=1S/C10H9BrN2.2C2H6/c1-2-3-7-8(6-12)10(13)5-4-9(7)11;2*1-2/h2,4-5H,1,3,13H2;2*1-2H3. The molecule has 0 aliphatic heterocycles. The Morgan fingerprint density at radius 3 is 2.29 bits per heavy atom. The van der Waals surface area contributed by atoms with Crippen molar-refractivity contribution in [3.05, 3.63) is 40.4 Å². The maximum Gasteiger partial charge on any atom is 0.102 e. The highest BCUT2D eigenvalue weighted by atomic mass is 79.9. The van der Waals surface area contributed by atoms with Crippen molar-refractivity contribution in [1.82, 2.24) is 0 Å². The van der Waals surface area contributed by atoms with E-state index in [9.17, 15) is 0 Å². The lowest BCUT2D eigenvalue weighted by atomic mass is 10.0. The van der Waals surface area contributed by atoms with Gasteiger partial charge in [-0.25, -0.2) is 0 Å². The minimum Gasteiger partial charge on any atom is -0.398 e. The third-order valence-corrected chi connectivity index (χ3v) is 2.49. The van der Waals surface area contributed by atoms with E-state index in [0.717, 1.165) is 10.0 Å². The zero-order valence-corrected chi connectivity index (χ0v) is 12.6. The number of anilines is 1. The van der Waals surface area contributed by atoms with Crippen molar-refractivity contribution in [3.8, 4) is 6.07 Å². The van der Waals surface area contributed by atoms with E-state index < -0.39 is 0 Å². The number of hydrogen-bond donors (Lipinski definition) is 1. The Hall–Kier alpha value is -1.27. The molecule has 0 saturated carbocycles. The van der Waals surface area contributed by atoms with Crippen molar-refractivity contribution in [3.63, 3.8) is 0 Å². The summed E-state index contributed by atoms with van der Waals surface area (Å²) in [5.74, 6) is 0. The Balaban J connectivity index is 0. The summed E-state index contributed by atoms with van der Waals surface area (Å²) in [5.41, 5.74) is 7.61. The van der Waals surface area contributed by atoms with E-state index in [-0.39, 0.29) is 0 Å². The lowest BCUT2D eigenvalue weighted by Crippen LogP contribution is -1.96. The van der Waals surface area contributed by atoms with E-state index in [1.807, 2.05) is 33.8 Å². The average Bonchev–Trinajstić information content (AvgIpc) is 2.39. The molecule has 0 spiro atoms. The SMILES string of the molecule is C=CCc1c(Br)ccc(N)c1C#N.CC.CC. The number of nitrogen functional groups attached to an aromatic ring is 1. The van der Waals surface area contributed by atoms with Crippen LogP contribution in [0.2, 0.25) is 0 Å². The summed E-state index contributed by atoms with van der Waals surface area (Å²) in [6.45, 7) is 11.6. The normalized spacial score (nSPS) is 7.76. The third-order valence-electron chi connectivity index (χ3n) is 1.75. The van der Waals surface area contributed by atoms with E-state index in [1.165, 1.54) is 0 Å². The summed E-state index contributed by atoms with van der Waals surface area (Å²) in [4.78, 5) is 0. The molecule has 0 amide bonds. The van der Waals surface area contributed by atoms with Gasteiger partial charge in [0.05, 0.1) is 5.56 Å². The van der Waals surface area contributed by atoms with Crippen LogP contribution in [0.5, 0.6) is 0 Å². The van der Waals surface area contributed by atoms with Gasteiger partial charge in [-0.3, -0.25) is 0 Å². The average molecular weight is 297 g/mol. The molecule has 17 heavy (non-hydrogen) atoms. The van der Waals surface area contributed by atoms with Gasteiger partial charge < -0.3 is 5.73 Å². The smallest absolute Gasteiger partial charge is 0.102 e. The molecule has 0 saturated heterocycles. The zero-order valence-electron chi connectivity index (χ0n) is 11.0. The molecule has 3 heteroatoms. The second-order valence-electron chi connectivity index (χ2n) is 2.59. The number of allylic oxidation sites excluding steroid dienone is 1. The van der Waals surface area contributed by atoms with Crippen LogP contribution in [0, 0.1) is 11.3 Å². The number of benzene rings is 1. The molecule has 0 radical (unpaired) electrons. The molecule has 0 heterocycles. The fourth-order valence-corrected chi connectivity index (χ4v) is 1.61. The maximum atomic E-state index is 8.87. The summed E-state index contributed by atoms with van der Waals surface area (Å²) >= 11 is 3.37. The first kappa shape index (κ1) is 18.1. The van der Waals surface area contributed by atoms with Crippen LogP contribution < -0.4 is 5.73 Å². The quantitative estimate of drug-likeness (QED) is 0.636. The van der Waals surface area contributed by atoms with Gasteiger partial charge in [-0.05, 0) is 24.1 Å². The minimum atomic E-state index is 0.516. The fraction of sp³-hybridized carbons (Fsp3) is 0.357. The van der Waals surface area contributed by atoms with Gasteiger partial charge in [0.2, 0.25) is 0 Å². The van der Waals surface area contributed by atoms with Crippen LogP contribution in [-0.2, 0) is 6.42 Å². The maximum absolute atomic E-state index is 8.87. The summed E-state index contributed by atoms with van der Waals surface area (Å²) in [6, 6.07) is 5.65. The van der Waals surface area contributed by atoms with Crippen molar-refractivity contribution in [2.45, 2.75) is 34.1 Å². The summed E-state index contributed by atoms with van der Waals surface area (Å²) in [7, 11) is 0. The predicted molar refractivity (Wildman–Crippen MR) is 79.9 cm³/mol. The molecule has 94 valence electrons. The van der Waals surface area contributed by atoms with E-state index in [4.69, 9.17) is 11.0 Å². The van der Waals surface area contributed by atoms with Gasteiger partial charge in [0.1, 0.15) is 6.07 Å². The number of halogens is 1. The van der Waals surface area contributed by atoms with Gasteiger partial charge in [-0.2, -0.15) is 5.26 Å². The van der Waals surface area contributed by atoms with Crippen molar-refractivity contribution >= 4 is 21.6 Å². The Bertz CT molecular complexity index is 379. The van der Waals surface area contributed by atoms with Crippen LogP contribution in [0.4, 0.5) is 5.69 Å². The highest BCUT2D eigenvalue weighted by Gasteiger charge is 2.07. The first-order chi connectivity index (χ1) is 8.20. The summed E-state index contributed by atoms with van der Waals surface area (Å²) in [6.07, 6.45) is 2.40. The lowest BCUT2D eigenvalue weighted by molar-refractivity contribution is 1.23. The molecule has 0 atom stereocenters. The highest BCUT2D eigenvalue weighted by Crippen LogP contribution is 2.25. The molecule has 2 N–H and O–H groups in total. The molecular weight excluding hydrogens is 276 g/mol. The number of nitrogens with zero attached hydrogens (tertiary/aromatic N) is 1. The first-order valence-electron chi connectivity index (χ1n) is 5.78. The number of nitriles is 1. The van der Waals surface area contributed by atoms with Gasteiger partial charge in [-0.1, -0.05) is 49.7 Å². The van der Waals surface area contributed by atoms with E-state index in [0.29, 0.717) is 17.7 Å². The van der Waals surface area contributed by atoms with Crippen molar-refractivity contribution in [2.75, 3.05) is 5.73 Å². The molecule has 0 fully saturated rings. The fourth-order valence-electron chi connectivity index (χ4n) is 1.12. The van der Waals surface area contributed by atoms with Crippen LogP contribution >= 0.6 is 15.9 Å². The van der Waals surface area contributed by atoms with Gasteiger partial charge in [0.25, 0.3) is 0 Å². The largest absolute Gasteiger partial charge is 0.398 e. The molecule has 0 aliphatic carbocycles. The van der Waals surface area contributed by atoms with Gasteiger partial charge in [0, 0.05) is 10.2 Å². The highest BCUT2D eigenvalue weighted by molar-refractivity contribution is 9.10. The van der Waals surface area contributed by atoms with Crippen molar-refractivity contribution in [1.29, 1.82) is 5.26 Å². The third kappa shape index (κ3) is 5.55. The van der Waals surface area contributed by atoms with E-state index >= 15 is 0 Å².